The maximum atomic E-state index is 5.86. The molecule has 1 heterocycles. The molecule has 1 rings (SSSR count). The highest BCUT2D eigenvalue weighted by Gasteiger charge is 2.11. The van der Waals surface area contributed by atoms with Gasteiger partial charge < -0.3 is 4.74 Å². The van der Waals surface area contributed by atoms with E-state index in [9.17, 15) is 0 Å². The molecule has 0 aromatic carbocycles. The highest BCUT2D eigenvalue weighted by atomic mass is 35.5. The van der Waals surface area contributed by atoms with Crippen LogP contribution in [0.5, 0.6) is 5.75 Å². The number of rotatable bonds is 3. The number of methoxy groups -OCH3 is 1. The molecule has 0 saturated carbocycles. The summed E-state index contributed by atoms with van der Waals surface area (Å²) >= 11 is 11.6. The van der Waals surface area contributed by atoms with Gasteiger partial charge in [0.2, 0.25) is 0 Å². The molecule has 5 heteroatoms. The molecule has 100 valence electrons. The molecule has 1 aromatic rings. The number of pyridine rings is 1. The van der Waals surface area contributed by atoms with Crippen molar-refractivity contribution in [3.05, 3.63) is 23.5 Å². The van der Waals surface area contributed by atoms with E-state index in [-0.39, 0.29) is 5.15 Å². The van der Waals surface area contributed by atoms with Crippen molar-refractivity contribution in [3.63, 3.8) is 0 Å². The van der Waals surface area contributed by atoms with Crippen LogP contribution in [-0.4, -0.2) is 18.3 Å². The molecular weight excluding hydrogens is 271 g/mol. The first kappa shape index (κ1) is 16.9. The van der Waals surface area contributed by atoms with E-state index in [4.69, 9.17) is 27.9 Å². The lowest BCUT2D eigenvalue weighted by atomic mass is 10.3. The fourth-order valence-electron chi connectivity index (χ4n) is 1.04. The van der Waals surface area contributed by atoms with E-state index in [2.05, 4.69) is 30.4 Å². The van der Waals surface area contributed by atoms with Gasteiger partial charge in [-0.3, -0.25) is 4.99 Å². The first-order valence-electron chi connectivity index (χ1n) is 5.59. The van der Waals surface area contributed by atoms with Crippen molar-refractivity contribution in [1.82, 2.24) is 4.98 Å². The maximum absolute atomic E-state index is 5.86. The van der Waals surface area contributed by atoms with Crippen LogP contribution in [-0.2, 0) is 0 Å². The first-order valence-corrected chi connectivity index (χ1v) is 6.35. The molecule has 0 saturated heterocycles. The van der Waals surface area contributed by atoms with Crippen molar-refractivity contribution in [2.45, 2.75) is 27.2 Å². The third-order valence-corrected chi connectivity index (χ3v) is 2.12. The maximum Gasteiger partial charge on any atom is 0.171 e. The summed E-state index contributed by atoms with van der Waals surface area (Å²) in [6.07, 6.45) is 2.88. The molecule has 0 atom stereocenters. The van der Waals surface area contributed by atoms with E-state index in [1.54, 1.807) is 19.2 Å². The molecule has 0 aliphatic heterocycles. The van der Waals surface area contributed by atoms with Crippen LogP contribution in [0.1, 0.15) is 32.9 Å². The molecule has 0 amide bonds. The van der Waals surface area contributed by atoms with E-state index >= 15 is 0 Å². The lowest BCUT2D eigenvalue weighted by Gasteiger charge is -2.07. The molecule has 1 aromatic heterocycles. The number of aromatic nitrogens is 1. The van der Waals surface area contributed by atoms with Gasteiger partial charge in [0.25, 0.3) is 0 Å². The van der Waals surface area contributed by atoms with E-state index in [0.29, 0.717) is 22.2 Å². The highest BCUT2D eigenvalue weighted by Crippen LogP contribution is 2.33. The van der Waals surface area contributed by atoms with Crippen LogP contribution in [0.2, 0.25) is 5.15 Å². The summed E-state index contributed by atoms with van der Waals surface area (Å²) in [5.41, 5.74) is 1.04. The molecule has 0 unspecified atom stereocenters. The molecule has 0 N–H and O–H groups in total. The SMILES string of the molecule is C=C(Cl)c1nc(Cl)c(OC)cc1N=CC.CCC. The summed E-state index contributed by atoms with van der Waals surface area (Å²) in [6, 6.07) is 1.66. The molecule has 0 fully saturated rings. The minimum Gasteiger partial charge on any atom is -0.493 e. The summed E-state index contributed by atoms with van der Waals surface area (Å²) in [7, 11) is 1.51. The molecule has 0 aliphatic carbocycles. The van der Waals surface area contributed by atoms with Gasteiger partial charge in [-0.1, -0.05) is 50.0 Å². The largest absolute Gasteiger partial charge is 0.493 e. The summed E-state index contributed by atoms with van der Waals surface area (Å²) in [5.74, 6) is 0.457. The Labute approximate surface area is 119 Å². The predicted octanol–water partition coefficient (Wildman–Crippen LogP) is 5.09. The van der Waals surface area contributed by atoms with Crippen LogP contribution < -0.4 is 4.74 Å². The summed E-state index contributed by atoms with van der Waals surface area (Å²) in [5, 5.41) is 0.532. The zero-order valence-corrected chi connectivity index (χ0v) is 12.6. The van der Waals surface area contributed by atoms with E-state index < -0.39 is 0 Å². The Balaban J connectivity index is 0.000000873. The van der Waals surface area contributed by atoms with Gasteiger partial charge in [0.05, 0.1) is 17.8 Å². The zero-order chi connectivity index (χ0) is 14.1. The van der Waals surface area contributed by atoms with Gasteiger partial charge in [-0.15, -0.1) is 0 Å². The summed E-state index contributed by atoms with van der Waals surface area (Å²) in [4.78, 5) is 8.16. The molecule has 0 bridgehead atoms. The van der Waals surface area contributed by atoms with Crippen molar-refractivity contribution in [2.75, 3.05) is 7.11 Å². The third-order valence-electron chi connectivity index (χ3n) is 1.67. The van der Waals surface area contributed by atoms with Crippen molar-refractivity contribution >= 4 is 40.1 Å². The van der Waals surface area contributed by atoms with Gasteiger partial charge in [-0.25, -0.2) is 4.98 Å². The van der Waals surface area contributed by atoms with Crippen molar-refractivity contribution in [2.24, 2.45) is 4.99 Å². The van der Waals surface area contributed by atoms with Crippen LogP contribution in [0.4, 0.5) is 5.69 Å². The predicted molar refractivity (Wildman–Crippen MR) is 80.5 cm³/mol. The Morgan fingerprint density at radius 3 is 2.50 bits per heavy atom. The number of ether oxygens (including phenoxy) is 1. The van der Waals surface area contributed by atoms with Crippen LogP contribution in [0.15, 0.2) is 17.6 Å². The molecule has 3 nitrogen and oxygen atoms in total. The summed E-state index contributed by atoms with van der Waals surface area (Å²) in [6.45, 7) is 9.64. The number of hydrogen-bond donors (Lipinski definition) is 0. The fraction of sp³-hybridized carbons (Fsp3) is 0.385. The van der Waals surface area contributed by atoms with Gasteiger partial charge in [-0.2, -0.15) is 0 Å². The van der Waals surface area contributed by atoms with Gasteiger partial charge in [-0.05, 0) is 6.92 Å². The molecule has 0 aliphatic rings. The lowest BCUT2D eigenvalue weighted by Crippen LogP contribution is -1.91. The Kier molecular flexibility index (Phi) is 8.42. The van der Waals surface area contributed by atoms with Crippen molar-refractivity contribution < 1.29 is 4.74 Å². The average Bonchev–Trinajstić information content (AvgIpc) is 2.32. The number of aliphatic imine (C=N–C) groups is 1. The second-order valence-electron chi connectivity index (χ2n) is 3.35. The molecule has 0 spiro atoms. The number of halogens is 2. The molecule has 0 radical (unpaired) electrons. The lowest BCUT2D eigenvalue weighted by molar-refractivity contribution is 0.413. The zero-order valence-electron chi connectivity index (χ0n) is 11.1. The van der Waals surface area contributed by atoms with Gasteiger partial charge in [0.1, 0.15) is 5.69 Å². The van der Waals surface area contributed by atoms with Crippen LogP contribution >= 0.6 is 23.2 Å². The van der Waals surface area contributed by atoms with Crippen molar-refractivity contribution in [3.8, 4) is 5.75 Å². The van der Waals surface area contributed by atoms with Crippen LogP contribution in [0, 0.1) is 0 Å². The Bertz CT molecular complexity index is 431. The van der Waals surface area contributed by atoms with E-state index in [0.717, 1.165) is 0 Å². The Morgan fingerprint density at radius 2 is 2.11 bits per heavy atom. The average molecular weight is 289 g/mol. The minimum atomic E-state index is 0.240. The smallest absolute Gasteiger partial charge is 0.171 e. The second kappa shape index (κ2) is 8.95. The molecule has 18 heavy (non-hydrogen) atoms. The van der Waals surface area contributed by atoms with Gasteiger partial charge >= 0.3 is 0 Å². The minimum absolute atomic E-state index is 0.240. The summed E-state index contributed by atoms with van der Waals surface area (Å²) < 4.78 is 5.03. The van der Waals surface area contributed by atoms with Gasteiger partial charge in [0, 0.05) is 12.3 Å². The van der Waals surface area contributed by atoms with Crippen molar-refractivity contribution in [1.29, 1.82) is 0 Å². The second-order valence-corrected chi connectivity index (χ2v) is 4.16. The van der Waals surface area contributed by atoms with Gasteiger partial charge in [0.15, 0.2) is 10.9 Å². The Hall–Kier alpha value is -1.06. The monoisotopic (exact) mass is 288 g/mol. The normalized spacial score (nSPS) is 9.89. The number of nitrogens with zero attached hydrogens (tertiary/aromatic N) is 2. The number of hydrogen-bond acceptors (Lipinski definition) is 3. The quantitative estimate of drug-likeness (QED) is 0.573. The van der Waals surface area contributed by atoms with Crippen LogP contribution in [0.3, 0.4) is 0 Å². The highest BCUT2D eigenvalue weighted by molar-refractivity contribution is 6.48. The molecular formula is C13H18Cl2N2O. The standard InChI is InChI=1S/C10H10Cl2N2O.C3H8/c1-4-13-7-5-8(15-3)10(12)14-9(7)6(2)11;1-3-2/h4-5H,2H2,1,3H3;3H2,1-2H3. The van der Waals surface area contributed by atoms with E-state index in [1.165, 1.54) is 13.5 Å². The van der Waals surface area contributed by atoms with Crippen LogP contribution in [0.25, 0.3) is 5.03 Å². The topological polar surface area (TPSA) is 34.5 Å². The van der Waals surface area contributed by atoms with E-state index in [1.807, 2.05) is 0 Å². The first-order chi connectivity index (χ1) is 8.51. The Morgan fingerprint density at radius 1 is 1.56 bits per heavy atom. The fourth-order valence-corrected chi connectivity index (χ4v) is 1.40. The third kappa shape index (κ3) is 5.07.